The minimum atomic E-state index is 0.397. The van der Waals surface area contributed by atoms with Crippen molar-refractivity contribution in [3.63, 3.8) is 0 Å². The van der Waals surface area contributed by atoms with Gasteiger partial charge in [-0.05, 0) is 43.9 Å². The highest BCUT2D eigenvalue weighted by molar-refractivity contribution is 7.80. The first-order chi connectivity index (χ1) is 8.63. The smallest absolute Gasteiger partial charge is 0.104 e. The molecule has 1 unspecified atom stereocenters. The van der Waals surface area contributed by atoms with Crippen LogP contribution in [0.25, 0.3) is 0 Å². The molecule has 1 aliphatic heterocycles. The van der Waals surface area contributed by atoms with Gasteiger partial charge in [-0.1, -0.05) is 30.7 Å². The van der Waals surface area contributed by atoms with Gasteiger partial charge in [0.1, 0.15) is 4.99 Å². The van der Waals surface area contributed by atoms with Gasteiger partial charge in [-0.3, -0.25) is 0 Å². The van der Waals surface area contributed by atoms with Crippen LogP contribution in [0.4, 0.5) is 5.69 Å². The highest BCUT2D eigenvalue weighted by atomic mass is 35.5. The fraction of sp³-hybridized carbons (Fsp3) is 0.500. The molecule has 1 aromatic rings. The highest BCUT2D eigenvalue weighted by Gasteiger charge is 2.22. The average molecular weight is 283 g/mol. The second-order valence-corrected chi connectivity index (χ2v) is 5.63. The van der Waals surface area contributed by atoms with Gasteiger partial charge in [0.2, 0.25) is 0 Å². The molecule has 0 spiro atoms. The van der Waals surface area contributed by atoms with Crippen LogP contribution in [-0.2, 0) is 0 Å². The molecule has 1 fully saturated rings. The molecule has 2 nitrogen and oxygen atoms in total. The van der Waals surface area contributed by atoms with E-state index < -0.39 is 0 Å². The van der Waals surface area contributed by atoms with Crippen LogP contribution in [0.3, 0.4) is 0 Å². The molecule has 0 aromatic heterocycles. The van der Waals surface area contributed by atoms with Gasteiger partial charge in [-0.2, -0.15) is 0 Å². The summed E-state index contributed by atoms with van der Waals surface area (Å²) in [6, 6.07) is 6.49. The maximum Gasteiger partial charge on any atom is 0.104 e. The Hall–Kier alpha value is -0.800. The summed E-state index contributed by atoms with van der Waals surface area (Å²) in [6.07, 6.45) is 4.97. The molecular formula is C14H19ClN2S. The van der Waals surface area contributed by atoms with E-state index in [0.717, 1.165) is 29.2 Å². The standard InChI is InChI=1S/C14H19ClN2S/c1-2-11-5-3-4-8-17(11)13-7-6-10(14(16)18)9-12(13)15/h6-7,9,11H,2-5,8H2,1H3,(H2,16,18). The lowest BCUT2D eigenvalue weighted by molar-refractivity contribution is 0.450. The van der Waals surface area contributed by atoms with Gasteiger partial charge in [-0.25, -0.2) is 0 Å². The zero-order valence-electron chi connectivity index (χ0n) is 10.7. The largest absolute Gasteiger partial charge is 0.389 e. The van der Waals surface area contributed by atoms with Gasteiger partial charge >= 0.3 is 0 Å². The number of nitrogens with zero attached hydrogens (tertiary/aromatic N) is 1. The summed E-state index contributed by atoms with van der Waals surface area (Å²) < 4.78 is 0. The summed E-state index contributed by atoms with van der Waals surface area (Å²) in [4.78, 5) is 2.82. The molecule has 1 heterocycles. The summed E-state index contributed by atoms with van der Waals surface area (Å²) in [6.45, 7) is 3.32. The van der Waals surface area contributed by atoms with Crippen molar-refractivity contribution in [2.45, 2.75) is 38.6 Å². The molecule has 0 aliphatic carbocycles. The van der Waals surface area contributed by atoms with Gasteiger partial charge < -0.3 is 10.6 Å². The first-order valence-corrected chi connectivity index (χ1v) is 7.28. The molecule has 0 amide bonds. The van der Waals surface area contributed by atoms with Crippen molar-refractivity contribution in [2.75, 3.05) is 11.4 Å². The van der Waals surface area contributed by atoms with Gasteiger partial charge in [0.25, 0.3) is 0 Å². The Labute approximate surface area is 119 Å². The molecule has 1 aliphatic rings. The van der Waals surface area contributed by atoms with Crippen molar-refractivity contribution in [1.29, 1.82) is 0 Å². The summed E-state index contributed by atoms with van der Waals surface area (Å²) in [7, 11) is 0. The third kappa shape index (κ3) is 2.78. The molecule has 0 radical (unpaired) electrons. The second-order valence-electron chi connectivity index (χ2n) is 4.78. The third-order valence-electron chi connectivity index (χ3n) is 3.64. The molecular weight excluding hydrogens is 264 g/mol. The van der Waals surface area contributed by atoms with Gasteiger partial charge in [0.15, 0.2) is 0 Å². The number of piperidine rings is 1. The number of thiocarbonyl (C=S) groups is 1. The number of hydrogen-bond donors (Lipinski definition) is 1. The number of hydrogen-bond acceptors (Lipinski definition) is 2. The lowest BCUT2D eigenvalue weighted by Gasteiger charge is -2.37. The minimum Gasteiger partial charge on any atom is -0.389 e. The third-order valence-corrected chi connectivity index (χ3v) is 4.18. The average Bonchev–Trinajstić information content (AvgIpc) is 2.38. The molecule has 1 atom stereocenters. The quantitative estimate of drug-likeness (QED) is 0.857. The number of halogens is 1. The Morgan fingerprint density at radius 1 is 1.50 bits per heavy atom. The summed E-state index contributed by atoms with van der Waals surface area (Å²) >= 11 is 11.3. The predicted molar refractivity (Wildman–Crippen MR) is 82.6 cm³/mol. The SMILES string of the molecule is CCC1CCCCN1c1ccc(C(N)=S)cc1Cl. The van der Waals surface area contributed by atoms with Gasteiger partial charge in [0.05, 0.1) is 10.7 Å². The highest BCUT2D eigenvalue weighted by Crippen LogP contribution is 2.32. The van der Waals surface area contributed by atoms with Crippen molar-refractivity contribution in [1.82, 2.24) is 0 Å². The first-order valence-electron chi connectivity index (χ1n) is 6.49. The van der Waals surface area contributed by atoms with E-state index in [2.05, 4.69) is 11.8 Å². The number of nitrogens with two attached hydrogens (primary N) is 1. The van der Waals surface area contributed by atoms with E-state index in [9.17, 15) is 0 Å². The summed E-state index contributed by atoms with van der Waals surface area (Å²) in [5.74, 6) is 0. The van der Waals surface area contributed by atoms with Crippen LogP contribution in [0, 0.1) is 0 Å². The molecule has 0 saturated carbocycles. The lowest BCUT2D eigenvalue weighted by Crippen LogP contribution is -2.39. The van der Waals surface area contributed by atoms with Crippen molar-refractivity contribution < 1.29 is 0 Å². The van der Waals surface area contributed by atoms with Gasteiger partial charge in [0, 0.05) is 18.2 Å². The zero-order valence-corrected chi connectivity index (χ0v) is 12.2. The molecule has 1 saturated heterocycles. The fourth-order valence-corrected chi connectivity index (χ4v) is 3.05. The minimum absolute atomic E-state index is 0.397. The van der Waals surface area contributed by atoms with Crippen molar-refractivity contribution in [2.24, 2.45) is 5.73 Å². The lowest BCUT2D eigenvalue weighted by atomic mass is 9.99. The van der Waals surface area contributed by atoms with E-state index >= 15 is 0 Å². The maximum absolute atomic E-state index is 6.37. The molecule has 18 heavy (non-hydrogen) atoms. The van der Waals surface area contributed by atoms with Crippen molar-refractivity contribution in [3.8, 4) is 0 Å². The summed E-state index contributed by atoms with van der Waals surface area (Å²) in [5.41, 5.74) is 7.57. The van der Waals surface area contributed by atoms with E-state index in [1.165, 1.54) is 19.3 Å². The molecule has 2 rings (SSSR count). The Kier molecular flexibility index (Phi) is 4.46. The van der Waals surface area contributed by atoms with Crippen molar-refractivity contribution in [3.05, 3.63) is 28.8 Å². The van der Waals surface area contributed by atoms with Crippen LogP contribution in [0.15, 0.2) is 18.2 Å². The van der Waals surface area contributed by atoms with Crippen molar-refractivity contribution >= 4 is 34.5 Å². The molecule has 0 bridgehead atoms. The zero-order chi connectivity index (χ0) is 13.1. The number of benzene rings is 1. The number of anilines is 1. The molecule has 2 N–H and O–H groups in total. The topological polar surface area (TPSA) is 29.3 Å². The van der Waals surface area contributed by atoms with E-state index in [-0.39, 0.29) is 0 Å². The normalized spacial score (nSPS) is 19.9. The van der Waals surface area contributed by atoms with Crippen LogP contribution < -0.4 is 10.6 Å². The Morgan fingerprint density at radius 3 is 2.89 bits per heavy atom. The van der Waals surface area contributed by atoms with Crippen LogP contribution in [0.5, 0.6) is 0 Å². The Bertz CT molecular complexity index is 447. The summed E-state index contributed by atoms with van der Waals surface area (Å²) in [5, 5.41) is 0.751. The van der Waals surface area contributed by atoms with E-state index in [1.807, 2.05) is 18.2 Å². The van der Waals surface area contributed by atoms with Crippen LogP contribution in [-0.4, -0.2) is 17.6 Å². The second kappa shape index (κ2) is 5.89. The fourth-order valence-electron chi connectivity index (χ4n) is 2.64. The van der Waals surface area contributed by atoms with Gasteiger partial charge in [-0.15, -0.1) is 0 Å². The first kappa shape index (κ1) is 13.6. The Balaban J connectivity index is 2.29. The molecule has 4 heteroatoms. The van der Waals surface area contributed by atoms with E-state index in [4.69, 9.17) is 29.6 Å². The Morgan fingerprint density at radius 2 is 2.28 bits per heavy atom. The van der Waals surface area contributed by atoms with E-state index in [0.29, 0.717) is 11.0 Å². The van der Waals surface area contributed by atoms with E-state index in [1.54, 1.807) is 0 Å². The monoisotopic (exact) mass is 282 g/mol. The van der Waals surface area contributed by atoms with Crippen LogP contribution >= 0.6 is 23.8 Å². The molecule has 98 valence electrons. The predicted octanol–water partition coefficient (Wildman–Crippen LogP) is 3.74. The molecule has 1 aromatic carbocycles. The maximum atomic E-state index is 6.37. The van der Waals surface area contributed by atoms with Crippen LogP contribution in [0.2, 0.25) is 5.02 Å². The van der Waals surface area contributed by atoms with Crippen LogP contribution in [0.1, 0.15) is 38.2 Å². The number of rotatable bonds is 3.